The van der Waals surface area contributed by atoms with Crippen LogP contribution in [-0.4, -0.2) is 20.8 Å². The third kappa shape index (κ3) is 2.11. The minimum absolute atomic E-state index is 0.0597. The first-order chi connectivity index (χ1) is 9.31. The summed E-state index contributed by atoms with van der Waals surface area (Å²) in [4.78, 5) is 4.54. The van der Waals surface area contributed by atoms with Crippen LogP contribution in [0.1, 0.15) is 37.5 Å². The predicted octanol–water partition coefficient (Wildman–Crippen LogP) is 2.58. The number of aromatic nitrogens is 2. The lowest BCUT2D eigenvalue weighted by molar-refractivity contribution is 0.0761. The second-order valence-corrected chi connectivity index (χ2v) is 5.14. The Morgan fingerprint density at radius 2 is 2.11 bits per heavy atom. The maximum Gasteiger partial charge on any atom is 0.124 e. The fourth-order valence-corrected chi connectivity index (χ4v) is 3.05. The van der Waals surface area contributed by atoms with E-state index in [2.05, 4.69) is 15.6 Å². The van der Waals surface area contributed by atoms with E-state index < -0.39 is 0 Å². The van der Waals surface area contributed by atoms with Crippen LogP contribution in [0.25, 0.3) is 11.0 Å². The van der Waals surface area contributed by atoms with Crippen LogP contribution < -0.4 is 0 Å². The monoisotopic (exact) mass is 255 g/mol. The molecule has 1 aromatic heterocycles. The van der Waals surface area contributed by atoms with E-state index in [9.17, 15) is 5.11 Å². The highest BCUT2D eigenvalue weighted by molar-refractivity contribution is 5.76. The van der Waals surface area contributed by atoms with Gasteiger partial charge in [-0.2, -0.15) is 5.26 Å². The number of nitriles is 1. The number of nitrogens with zero attached hydrogens (tertiary/aromatic N) is 3. The molecule has 98 valence electrons. The number of fused-ring (bicyclic) bond motifs is 1. The molecule has 4 nitrogen and oxygen atoms in total. The van der Waals surface area contributed by atoms with Gasteiger partial charge in [0.1, 0.15) is 5.82 Å². The number of para-hydroxylation sites is 2. The molecular weight excluding hydrogens is 238 g/mol. The Morgan fingerprint density at radius 1 is 1.32 bits per heavy atom. The molecule has 0 saturated heterocycles. The van der Waals surface area contributed by atoms with E-state index in [0.717, 1.165) is 42.5 Å². The van der Waals surface area contributed by atoms with Crippen molar-refractivity contribution in [2.75, 3.05) is 0 Å². The molecule has 1 aromatic carbocycles. The summed E-state index contributed by atoms with van der Waals surface area (Å²) in [7, 11) is 0. The maximum atomic E-state index is 10.3. The molecule has 4 heteroatoms. The highest BCUT2D eigenvalue weighted by atomic mass is 16.3. The summed E-state index contributed by atoms with van der Waals surface area (Å²) < 4.78 is 2.09. The zero-order chi connectivity index (χ0) is 13.2. The van der Waals surface area contributed by atoms with Crippen molar-refractivity contribution in [3.05, 3.63) is 30.1 Å². The number of hydrogen-bond acceptors (Lipinski definition) is 3. The summed E-state index contributed by atoms with van der Waals surface area (Å²) in [5.74, 6) is 0.773. The van der Waals surface area contributed by atoms with E-state index >= 15 is 0 Å². The third-order valence-electron chi connectivity index (χ3n) is 3.93. The van der Waals surface area contributed by atoms with Gasteiger partial charge in [0.15, 0.2) is 0 Å². The fraction of sp³-hybridized carbons (Fsp3) is 0.467. The maximum absolute atomic E-state index is 10.3. The third-order valence-corrected chi connectivity index (χ3v) is 3.93. The summed E-state index contributed by atoms with van der Waals surface area (Å²) in [6, 6.07) is 10.1. The van der Waals surface area contributed by atoms with Crippen molar-refractivity contribution in [2.24, 2.45) is 0 Å². The zero-order valence-corrected chi connectivity index (χ0v) is 10.8. The van der Waals surface area contributed by atoms with Gasteiger partial charge in [0.2, 0.25) is 0 Å². The molecular formula is C15H17N3O. The van der Waals surface area contributed by atoms with Crippen molar-refractivity contribution < 1.29 is 5.11 Å². The number of benzene rings is 1. The van der Waals surface area contributed by atoms with Crippen LogP contribution in [0.4, 0.5) is 0 Å². The first-order valence-corrected chi connectivity index (χ1v) is 6.82. The first kappa shape index (κ1) is 12.2. The van der Waals surface area contributed by atoms with Gasteiger partial charge in [-0.15, -0.1) is 0 Å². The molecule has 1 saturated carbocycles. The molecule has 3 rings (SSSR count). The van der Waals surface area contributed by atoms with E-state index in [-0.39, 0.29) is 18.6 Å². The van der Waals surface area contributed by atoms with Crippen molar-refractivity contribution in [1.29, 1.82) is 5.26 Å². The summed E-state index contributed by atoms with van der Waals surface area (Å²) in [6.45, 7) is 0. The van der Waals surface area contributed by atoms with Gasteiger partial charge in [-0.3, -0.25) is 0 Å². The average Bonchev–Trinajstić information content (AvgIpc) is 2.78. The molecule has 0 bridgehead atoms. The van der Waals surface area contributed by atoms with Crippen molar-refractivity contribution >= 4 is 11.0 Å². The number of hydrogen-bond donors (Lipinski definition) is 1. The number of aliphatic hydroxyl groups is 1. The highest BCUT2D eigenvalue weighted by Gasteiger charge is 2.27. The largest absolute Gasteiger partial charge is 0.391 e. The van der Waals surface area contributed by atoms with Crippen molar-refractivity contribution in [1.82, 2.24) is 9.55 Å². The fourth-order valence-electron chi connectivity index (χ4n) is 3.05. The van der Waals surface area contributed by atoms with Crippen LogP contribution in [-0.2, 0) is 6.42 Å². The van der Waals surface area contributed by atoms with Gasteiger partial charge in [0, 0.05) is 0 Å². The molecule has 1 fully saturated rings. The van der Waals surface area contributed by atoms with E-state index in [4.69, 9.17) is 5.26 Å². The molecule has 1 aliphatic rings. The zero-order valence-electron chi connectivity index (χ0n) is 10.8. The molecule has 0 spiro atoms. The van der Waals surface area contributed by atoms with E-state index in [1.807, 2.05) is 24.3 Å². The molecule has 2 unspecified atom stereocenters. The molecule has 1 aliphatic carbocycles. The molecule has 0 radical (unpaired) electrons. The smallest absolute Gasteiger partial charge is 0.124 e. The van der Waals surface area contributed by atoms with Gasteiger partial charge in [0.25, 0.3) is 0 Å². The number of rotatable bonds is 2. The van der Waals surface area contributed by atoms with Crippen LogP contribution in [0.3, 0.4) is 0 Å². The number of aliphatic hydroxyl groups excluding tert-OH is 1. The molecule has 0 aliphatic heterocycles. The van der Waals surface area contributed by atoms with E-state index in [0.29, 0.717) is 0 Å². The summed E-state index contributed by atoms with van der Waals surface area (Å²) in [6.07, 6.45) is 3.96. The van der Waals surface area contributed by atoms with Crippen LogP contribution in [0.15, 0.2) is 24.3 Å². The minimum atomic E-state index is -0.330. The molecule has 2 aromatic rings. The van der Waals surface area contributed by atoms with E-state index in [1.54, 1.807) is 0 Å². The van der Waals surface area contributed by atoms with Crippen LogP contribution in [0.2, 0.25) is 0 Å². The Morgan fingerprint density at radius 3 is 2.89 bits per heavy atom. The van der Waals surface area contributed by atoms with Crippen LogP contribution in [0, 0.1) is 11.3 Å². The topological polar surface area (TPSA) is 61.8 Å². The second kappa shape index (κ2) is 5.02. The summed E-state index contributed by atoms with van der Waals surface area (Å²) >= 11 is 0. The van der Waals surface area contributed by atoms with Gasteiger partial charge in [-0.1, -0.05) is 25.0 Å². The number of imidazole rings is 1. The van der Waals surface area contributed by atoms with Gasteiger partial charge < -0.3 is 9.67 Å². The summed E-state index contributed by atoms with van der Waals surface area (Å²) in [5.41, 5.74) is 1.93. The average molecular weight is 255 g/mol. The Kier molecular flexibility index (Phi) is 3.22. The Balaban J connectivity index is 2.14. The van der Waals surface area contributed by atoms with Crippen molar-refractivity contribution in [2.45, 2.75) is 44.2 Å². The SMILES string of the molecule is N#CCc1nc2ccccc2n1C1CCCCC1O. The molecule has 1 heterocycles. The standard InChI is InChI=1S/C15H17N3O/c16-10-9-15-17-11-5-1-2-6-12(11)18(15)13-7-3-4-8-14(13)19/h1-2,5-6,13-14,19H,3-4,7-9H2. The van der Waals surface area contributed by atoms with Gasteiger partial charge >= 0.3 is 0 Å². The lowest BCUT2D eigenvalue weighted by Crippen LogP contribution is -2.28. The predicted molar refractivity (Wildman–Crippen MR) is 72.6 cm³/mol. The van der Waals surface area contributed by atoms with E-state index in [1.165, 1.54) is 0 Å². The van der Waals surface area contributed by atoms with Gasteiger partial charge in [-0.05, 0) is 25.0 Å². The lowest BCUT2D eigenvalue weighted by atomic mass is 9.92. The minimum Gasteiger partial charge on any atom is -0.391 e. The Hall–Kier alpha value is -1.86. The Bertz CT molecular complexity index is 626. The summed E-state index contributed by atoms with van der Waals surface area (Å²) in [5, 5.41) is 19.2. The quantitative estimate of drug-likeness (QED) is 0.897. The molecule has 0 amide bonds. The second-order valence-electron chi connectivity index (χ2n) is 5.14. The van der Waals surface area contributed by atoms with Gasteiger partial charge in [0.05, 0.1) is 35.7 Å². The van der Waals surface area contributed by atoms with Crippen molar-refractivity contribution in [3.63, 3.8) is 0 Å². The Labute approximate surface area is 112 Å². The van der Waals surface area contributed by atoms with Crippen molar-refractivity contribution in [3.8, 4) is 6.07 Å². The van der Waals surface area contributed by atoms with Crippen LogP contribution >= 0.6 is 0 Å². The van der Waals surface area contributed by atoms with Crippen LogP contribution in [0.5, 0.6) is 0 Å². The molecule has 19 heavy (non-hydrogen) atoms. The first-order valence-electron chi connectivity index (χ1n) is 6.82. The molecule has 2 atom stereocenters. The van der Waals surface area contributed by atoms with Gasteiger partial charge in [-0.25, -0.2) is 4.98 Å². The lowest BCUT2D eigenvalue weighted by Gasteiger charge is -2.30. The normalized spacial score (nSPS) is 23.4. The molecule has 1 N–H and O–H groups in total. The highest BCUT2D eigenvalue weighted by Crippen LogP contribution is 2.32.